The van der Waals surface area contributed by atoms with Gasteiger partial charge in [0.25, 0.3) is 0 Å². The summed E-state index contributed by atoms with van der Waals surface area (Å²) in [5.41, 5.74) is 1.32. The van der Waals surface area contributed by atoms with Crippen LogP contribution in [0.3, 0.4) is 0 Å². The van der Waals surface area contributed by atoms with Crippen molar-refractivity contribution in [3.63, 3.8) is 0 Å². The summed E-state index contributed by atoms with van der Waals surface area (Å²) in [6.07, 6.45) is 6.03. The second-order valence-electron chi connectivity index (χ2n) is 3.94. The van der Waals surface area contributed by atoms with Gasteiger partial charge < -0.3 is 10.6 Å². The molecular weight excluding hydrogens is 262 g/mol. The number of thiocarbonyl (C=S) groups is 1. The molecule has 0 spiro atoms. The lowest BCUT2D eigenvalue weighted by molar-refractivity contribution is 0.743. The van der Waals surface area contributed by atoms with Crippen molar-refractivity contribution in [1.29, 1.82) is 0 Å². The highest BCUT2D eigenvalue weighted by Gasteiger charge is 1.95. The number of pyridine rings is 1. The van der Waals surface area contributed by atoms with Crippen LogP contribution in [0.15, 0.2) is 24.5 Å². The predicted octanol–water partition coefficient (Wildman–Crippen LogP) is 2.58. The Kier molecular flexibility index (Phi) is 8.59. The molecule has 1 rings (SSSR count). The zero-order valence-electron chi connectivity index (χ0n) is 10.8. The van der Waals surface area contributed by atoms with E-state index in [0.29, 0.717) is 0 Å². The highest BCUT2D eigenvalue weighted by Crippen LogP contribution is 2.09. The number of aromatic nitrogens is 1. The van der Waals surface area contributed by atoms with Crippen LogP contribution in [0.4, 0.5) is 0 Å². The van der Waals surface area contributed by atoms with Crippen molar-refractivity contribution in [2.45, 2.75) is 25.5 Å². The van der Waals surface area contributed by atoms with E-state index in [1.807, 2.05) is 24.2 Å². The molecule has 0 bridgehead atoms. The van der Waals surface area contributed by atoms with E-state index in [1.165, 1.54) is 18.4 Å². The van der Waals surface area contributed by atoms with Gasteiger partial charge in [0.1, 0.15) is 0 Å². The van der Waals surface area contributed by atoms with Crippen LogP contribution in [0, 0.1) is 0 Å². The van der Waals surface area contributed by atoms with Crippen molar-refractivity contribution >= 4 is 29.1 Å². The van der Waals surface area contributed by atoms with E-state index in [9.17, 15) is 0 Å². The second kappa shape index (κ2) is 10.1. The van der Waals surface area contributed by atoms with Crippen LogP contribution < -0.4 is 10.6 Å². The number of thioether (sulfide) groups is 1. The first-order chi connectivity index (χ1) is 8.83. The third kappa shape index (κ3) is 7.50. The Hall–Kier alpha value is -0.810. The zero-order valence-corrected chi connectivity index (χ0v) is 12.4. The van der Waals surface area contributed by atoms with Gasteiger partial charge in [-0.1, -0.05) is 13.3 Å². The topological polar surface area (TPSA) is 37.0 Å². The van der Waals surface area contributed by atoms with Crippen LogP contribution in [0.2, 0.25) is 0 Å². The van der Waals surface area contributed by atoms with E-state index in [-0.39, 0.29) is 0 Å². The molecule has 0 saturated heterocycles. The molecule has 5 heteroatoms. The van der Waals surface area contributed by atoms with Crippen LogP contribution >= 0.6 is 24.0 Å². The van der Waals surface area contributed by atoms with Crippen molar-refractivity contribution in [3.8, 4) is 0 Å². The maximum atomic E-state index is 5.17. The van der Waals surface area contributed by atoms with E-state index in [4.69, 9.17) is 12.2 Å². The summed E-state index contributed by atoms with van der Waals surface area (Å²) in [7, 11) is 0. The molecule has 0 aliphatic rings. The summed E-state index contributed by atoms with van der Waals surface area (Å²) in [5, 5.41) is 7.18. The largest absolute Gasteiger partial charge is 0.363 e. The average Bonchev–Trinajstić information content (AvgIpc) is 2.40. The SMILES string of the molecule is CCCCNC(=S)NCCSCc1ccncc1. The fourth-order valence-electron chi connectivity index (χ4n) is 1.35. The van der Waals surface area contributed by atoms with Gasteiger partial charge in [0.15, 0.2) is 5.11 Å². The fraction of sp³-hybridized carbons (Fsp3) is 0.538. The first-order valence-electron chi connectivity index (χ1n) is 6.31. The van der Waals surface area contributed by atoms with Gasteiger partial charge in [-0.15, -0.1) is 0 Å². The summed E-state index contributed by atoms with van der Waals surface area (Å²) >= 11 is 7.07. The number of hydrogen-bond acceptors (Lipinski definition) is 3. The molecule has 100 valence electrons. The molecule has 0 amide bonds. The first kappa shape index (κ1) is 15.2. The lowest BCUT2D eigenvalue weighted by Crippen LogP contribution is -2.36. The molecule has 0 atom stereocenters. The maximum absolute atomic E-state index is 5.17. The summed E-state index contributed by atoms with van der Waals surface area (Å²) in [5.74, 6) is 2.08. The normalized spacial score (nSPS) is 10.1. The number of hydrogen-bond donors (Lipinski definition) is 2. The van der Waals surface area contributed by atoms with Crippen LogP contribution in [0.25, 0.3) is 0 Å². The van der Waals surface area contributed by atoms with Crippen molar-refractivity contribution in [2.75, 3.05) is 18.8 Å². The van der Waals surface area contributed by atoms with Crippen molar-refractivity contribution in [1.82, 2.24) is 15.6 Å². The third-order valence-electron chi connectivity index (χ3n) is 2.37. The molecule has 2 N–H and O–H groups in total. The minimum absolute atomic E-state index is 0.771. The van der Waals surface area contributed by atoms with Crippen LogP contribution in [-0.4, -0.2) is 28.9 Å². The average molecular weight is 283 g/mol. The molecule has 3 nitrogen and oxygen atoms in total. The molecule has 0 unspecified atom stereocenters. The Balaban J connectivity index is 1.97. The van der Waals surface area contributed by atoms with Gasteiger partial charge in [0, 0.05) is 37.0 Å². The molecule has 0 aliphatic carbocycles. The summed E-state index contributed by atoms with van der Waals surface area (Å²) in [6.45, 7) is 4.05. The van der Waals surface area contributed by atoms with E-state index in [0.717, 1.165) is 29.7 Å². The van der Waals surface area contributed by atoms with Crippen LogP contribution in [0.1, 0.15) is 25.3 Å². The number of nitrogens with zero attached hydrogens (tertiary/aromatic N) is 1. The fourth-order valence-corrected chi connectivity index (χ4v) is 2.37. The molecule has 0 saturated carbocycles. The van der Waals surface area contributed by atoms with Gasteiger partial charge in [-0.2, -0.15) is 11.8 Å². The molecule has 1 aromatic heterocycles. The van der Waals surface area contributed by atoms with Gasteiger partial charge in [0.2, 0.25) is 0 Å². The summed E-state index contributed by atoms with van der Waals surface area (Å²) < 4.78 is 0. The quantitative estimate of drug-likeness (QED) is 0.566. The zero-order chi connectivity index (χ0) is 13.1. The lowest BCUT2D eigenvalue weighted by Gasteiger charge is -2.09. The predicted molar refractivity (Wildman–Crippen MR) is 83.9 cm³/mol. The van der Waals surface area contributed by atoms with Crippen molar-refractivity contribution < 1.29 is 0 Å². The molecule has 1 aromatic rings. The van der Waals surface area contributed by atoms with Gasteiger partial charge in [-0.05, 0) is 36.3 Å². The van der Waals surface area contributed by atoms with Gasteiger partial charge in [-0.3, -0.25) is 4.98 Å². The first-order valence-corrected chi connectivity index (χ1v) is 7.87. The maximum Gasteiger partial charge on any atom is 0.166 e. The molecule has 18 heavy (non-hydrogen) atoms. The summed E-state index contributed by atoms with van der Waals surface area (Å²) in [4.78, 5) is 4.00. The van der Waals surface area contributed by atoms with Gasteiger partial charge in [-0.25, -0.2) is 0 Å². The molecule has 0 radical (unpaired) electrons. The smallest absolute Gasteiger partial charge is 0.166 e. The van der Waals surface area contributed by atoms with E-state index in [1.54, 1.807) is 0 Å². The van der Waals surface area contributed by atoms with Crippen molar-refractivity contribution in [3.05, 3.63) is 30.1 Å². The Morgan fingerprint density at radius 1 is 1.28 bits per heavy atom. The van der Waals surface area contributed by atoms with Gasteiger partial charge >= 0.3 is 0 Å². The van der Waals surface area contributed by atoms with Crippen molar-refractivity contribution in [2.24, 2.45) is 0 Å². The lowest BCUT2D eigenvalue weighted by atomic mass is 10.3. The standard InChI is InChI=1S/C13H21N3S2/c1-2-3-6-15-13(17)16-9-10-18-11-12-4-7-14-8-5-12/h4-5,7-8H,2-3,6,9-11H2,1H3,(H2,15,16,17). The minimum Gasteiger partial charge on any atom is -0.363 e. The Bertz CT molecular complexity index is 330. The highest BCUT2D eigenvalue weighted by molar-refractivity contribution is 7.98. The van der Waals surface area contributed by atoms with E-state index in [2.05, 4.69) is 34.7 Å². The molecule has 0 fully saturated rings. The highest BCUT2D eigenvalue weighted by atomic mass is 32.2. The number of unbranched alkanes of at least 4 members (excludes halogenated alkanes) is 1. The van der Waals surface area contributed by atoms with E-state index >= 15 is 0 Å². The molecular formula is C13H21N3S2. The monoisotopic (exact) mass is 283 g/mol. The third-order valence-corrected chi connectivity index (χ3v) is 3.68. The Morgan fingerprint density at radius 3 is 2.72 bits per heavy atom. The summed E-state index contributed by atoms with van der Waals surface area (Å²) in [6, 6.07) is 4.11. The molecule has 0 aliphatic heterocycles. The Labute approximate surface area is 119 Å². The van der Waals surface area contributed by atoms with Crippen LogP contribution in [-0.2, 0) is 5.75 Å². The van der Waals surface area contributed by atoms with E-state index < -0.39 is 0 Å². The van der Waals surface area contributed by atoms with Gasteiger partial charge in [0.05, 0.1) is 0 Å². The minimum atomic E-state index is 0.771. The van der Waals surface area contributed by atoms with Crippen LogP contribution in [0.5, 0.6) is 0 Å². The number of rotatable bonds is 8. The molecule has 1 heterocycles. The Morgan fingerprint density at radius 2 is 2.00 bits per heavy atom. The molecule has 0 aromatic carbocycles. The second-order valence-corrected chi connectivity index (χ2v) is 5.46. The number of nitrogens with one attached hydrogen (secondary N) is 2.